The van der Waals surface area contributed by atoms with E-state index in [1.165, 1.54) is 18.5 Å². The first-order chi connectivity index (χ1) is 13.6. The second-order valence-electron chi connectivity index (χ2n) is 6.30. The molecule has 0 bridgehead atoms. The quantitative estimate of drug-likeness (QED) is 0.594. The number of furan rings is 1. The number of aromatic carboxylic acids is 1. The van der Waals surface area contributed by atoms with Crippen molar-refractivity contribution in [1.29, 1.82) is 0 Å². The number of carboxylic acid groups (broad SMARTS) is 1. The molecule has 1 aliphatic heterocycles. The first-order valence-corrected chi connectivity index (χ1v) is 8.55. The Morgan fingerprint density at radius 2 is 2.04 bits per heavy atom. The summed E-state index contributed by atoms with van der Waals surface area (Å²) < 4.78 is 5.56. The van der Waals surface area contributed by atoms with Crippen LogP contribution in [0.2, 0.25) is 0 Å². The minimum absolute atomic E-state index is 0.0315. The van der Waals surface area contributed by atoms with Crippen LogP contribution in [0.1, 0.15) is 40.3 Å². The molecule has 2 atom stereocenters. The normalized spacial score (nSPS) is 16.3. The van der Waals surface area contributed by atoms with E-state index in [2.05, 4.69) is 15.3 Å². The van der Waals surface area contributed by atoms with E-state index >= 15 is 0 Å². The predicted octanol–water partition coefficient (Wildman–Crippen LogP) is 2.32. The van der Waals surface area contributed by atoms with Crippen LogP contribution in [0, 0.1) is 0 Å². The largest absolute Gasteiger partial charge is 0.478 e. The second-order valence-corrected chi connectivity index (χ2v) is 6.30. The maximum absolute atomic E-state index is 11.9. The van der Waals surface area contributed by atoms with Gasteiger partial charge < -0.3 is 25.5 Å². The number of nitrogens with zero attached hydrogens (tertiary/aromatic N) is 3. The maximum atomic E-state index is 11.9. The number of carboxylic acids is 1. The Hall–Kier alpha value is -3.88. The van der Waals surface area contributed by atoms with E-state index in [0.29, 0.717) is 17.3 Å². The number of nitrogens with two attached hydrogens (primary N) is 1. The van der Waals surface area contributed by atoms with Crippen LogP contribution < -0.4 is 16.0 Å². The standard InChI is InChI=1S/C19H17N5O4/c20-15(25)10-13(11-3-6-21-7-4-11)24-16-12(19(26)27)5-8-22-17(16)23-18(24)14-2-1-9-28-14/h1-9,13,18H,10H2,(H2,20,25)(H,22,23)(H,26,27). The summed E-state index contributed by atoms with van der Waals surface area (Å²) in [6.45, 7) is 0. The number of fused-ring (bicyclic) bond motifs is 1. The summed E-state index contributed by atoms with van der Waals surface area (Å²) in [6, 6.07) is 7.91. The molecule has 1 amide bonds. The van der Waals surface area contributed by atoms with Crippen molar-refractivity contribution in [1.82, 2.24) is 9.97 Å². The molecule has 9 heteroatoms. The third-order valence-electron chi connectivity index (χ3n) is 4.60. The molecule has 0 aromatic carbocycles. The highest BCUT2D eigenvalue weighted by atomic mass is 16.4. The number of carbonyl (C=O) groups excluding carboxylic acids is 1. The summed E-state index contributed by atoms with van der Waals surface area (Å²) in [5.41, 5.74) is 6.73. The fourth-order valence-corrected chi connectivity index (χ4v) is 3.47. The molecule has 0 radical (unpaired) electrons. The van der Waals surface area contributed by atoms with Crippen molar-refractivity contribution in [2.24, 2.45) is 5.73 Å². The van der Waals surface area contributed by atoms with Crippen LogP contribution in [-0.2, 0) is 4.79 Å². The summed E-state index contributed by atoms with van der Waals surface area (Å²) in [7, 11) is 0. The smallest absolute Gasteiger partial charge is 0.338 e. The van der Waals surface area contributed by atoms with E-state index in [4.69, 9.17) is 10.2 Å². The van der Waals surface area contributed by atoms with Gasteiger partial charge >= 0.3 is 5.97 Å². The Morgan fingerprint density at radius 3 is 2.68 bits per heavy atom. The highest BCUT2D eigenvalue weighted by Gasteiger charge is 2.41. The molecular weight excluding hydrogens is 362 g/mol. The van der Waals surface area contributed by atoms with Crippen LogP contribution in [0.3, 0.4) is 0 Å². The van der Waals surface area contributed by atoms with Crippen LogP contribution >= 0.6 is 0 Å². The molecule has 0 spiro atoms. The van der Waals surface area contributed by atoms with E-state index in [1.54, 1.807) is 41.6 Å². The summed E-state index contributed by atoms with van der Waals surface area (Å²) in [4.78, 5) is 33.8. The van der Waals surface area contributed by atoms with Crippen LogP contribution in [0.4, 0.5) is 11.5 Å². The number of hydrogen-bond acceptors (Lipinski definition) is 7. The monoisotopic (exact) mass is 379 g/mol. The Bertz CT molecular complexity index is 1010. The fraction of sp³-hybridized carbons (Fsp3) is 0.158. The van der Waals surface area contributed by atoms with Crippen LogP contribution in [0.5, 0.6) is 0 Å². The zero-order valence-electron chi connectivity index (χ0n) is 14.6. The van der Waals surface area contributed by atoms with Gasteiger partial charge in [0.25, 0.3) is 0 Å². The molecule has 0 aliphatic carbocycles. The molecule has 28 heavy (non-hydrogen) atoms. The van der Waals surface area contributed by atoms with Crippen molar-refractivity contribution in [3.8, 4) is 0 Å². The Kier molecular flexibility index (Phi) is 4.40. The van der Waals surface area contributed by atoms with Crippen molar-refractivity contribution in [2.45, 2.75) is 18.6 Å². The summed E-state index contributed by atoms with van der Waals surface area (Å²) >= 11 is 0. The highest BCUT2D eigenvalue weighted by Crippen LogP contribution is 2.47. The number of anilines is 2. The van der Waals surface area contributed by atoms with Gasteiger partial charge in [-0.05, 0) is 35.9 Å². The van der Waals surface area contributed by atoms with E-state index < -0.39 is 24.1 Å². The number of primary amides is 1. The number of pyridine rings is 2. The van der Waals surface area contributed by atoms with Gasteiger partial charge in [0, 0.05) is 18.6 Å². The average molecular weight is 379 g/mol. The minimum Gasteiger partial charge on any atom is -0.478 e. The van der Waals surface area contributed by atoms with Crippen molar-refractivity contribution < 1.29 is 19.1 Å². The number of amides is 1. The average Bonchev–Trinajstić information content (AvgIpc) is 3.34. The topological polar surface area (TPSA) is 135 Å². The molecule has 3 aromatic rings. The SMILES string of the molecule is NC(=O)CC(c1ccncc1)N1c2c(C(=O)O)ccnc2NC1c1ccco1. The van der Waals surface area contributed by atoms with E-state index in [0.717, 1.165) is 5.56 Å². The van der Waals surface area contributed by atoms with Gasteiger partial charge in [-0.1, -0.05) is 0 Å². The molecule has 4 N–H and O–H groups in total. The summed E-state index contributed by atoms with van der Waals surface area (Å²) in [5.74, 6) is -0.671. The molecular formula is C19H17N5O4. The van der Waals surface area contributed by atoms with Gasteiger partial charge in [0.05, 0.1) is 30.0 Å². The Balaban J connectivity index is 1.91. The molecule has 3 aromatic heterocycles. The first kappa shape index (κ1) is 17.5. The maximum Gasteiger partial charge on any atom is 0.338 e. The van der Waals surface area contributed by atoms with Crippen molar-refractivity contribution in [3.05, 3.63) is 72.1 Å². The second kappa shape index (κ2) is 7.03. The molecule has 1 aliphatic rings. The number of carbonyl (C=O) groups is 2. The highest BCUT2D eigenvalue weighted by molar-refractivity contribution is 5.99. The lowest BCUT2D eigenvalue weighted by Gasteiger charge is -2.34. The van der Waals surface area contributed by atoms with Gasteiger partial charge in [-0.25, -0.2) is 9.78 Å². The third kappa shape index (κ3) is 3.02. The van der Waals surface area contributed by atoms with Crippen LogP contribution in [-0.4, -0.2) is 27.0 Å². The lowest BCUT2D eigenvalue weighted by Crippen LogP contribution is -2.35. The van der Waals surface area contributed by atoms with Crippen molar-refractivity contribution >= 4 is 23.4 Å². The van der Waals surface area contributed by atoms with Crippen LogP contribution in [0.25, 0.3) is 0 Å². The van der Waals surface area contributed by atoms with Crippen LogP contribution in [0.15, 0.2) is 59.6 Å². The molecule has 4 rings (SSSR count). The van der Waals surface area contributed by atoms with E-state index in [-0.39, 0.29) is 12.0 Å². The molecule has 0 saturated carbocycles. The molecule has 9 nitrogen and oxygen atoms in total. The summed E-state index contributed by atoms with van der Waals surface area (Å²) in [6.07, 6.45) is 5.58. The number of nitrogens with one attached hydrogen (secondary N) is 1. The lowest BCUT2D eigenvalue weighted by molar-refractivity contribution is -0.118. The Labute approximate surface area is 159 Å². The first-order valence-electron chi connectivity index (χ1n) is 8.55. The molecule has 4 heterocycles. The lowest BCUT2D eigenvalue weighted by atomic mass is 10.0. The molecule has 0 fully saturated rings. The Morgan fingerprint density at radius 1 is 1.25 bits per heavy atom. The van der Waals surface area contributed by atoms with Gasteiger partial charge in [0.15, 0.2) is 12.0 Å². The predicted molar refractivity (Wildman–Crippen MR) is 99.5 cm³/mol. The molecule has 142 valence electrons. The summed E-state index contributed by atoms with van der Waals surface area (Å²) in [5, 5.41) is 12.9. The number of rotatable bonds is 6. The van der Waals surface area contributed by atoms with E-state index in [1.807, 2.05) is 0 Å². The minimum atomic E-state index is -1.10. The zero-order valence-corrected chi connectivity index (χ0v) is 14.6. The van der Waals surface area contributed by atoms with Gasteiger partial charge in [-0.2, -0.15) is 0 Å². The van der Waals surface area contributed by atoms with Crippen molar-refractivity contribution in [3.63, 3.8) is 0 Å². The van der Waals surface area contributed by atoms with Crippen molar-refractivity contribution in [2.75, 3.05) is 10.2 Å². The number of aromatic nitrogens is 2. The molecule has 0 saturated heterocycles. The van der Waals surface area contributed by atoms with Gasteiger partial charge in [-0.3, -0.25) is 9.78 Å². The van der Waals surface area contributed by atoms with E-state index in [9.17, 15) is 14.7 Å². The van der Waals surface area contributed by atoms with Gasteiger partial charge in [0.2, 0.25) is 5.91 Å². The third-order valence-corrected chi connectivity index (χ3v) is 4.60. The number of hydrogen-bond donors (Lipinski definition) is 3. The zero-order chi connectivity index (χ0) is 19.7. The van der Waals surface area contributed by atoms with Gasteiger partial charge in [-0.15, -0.1) is 0 Å². The molecule has 2 unspecified atom stereocenters. The fourth-order valence-electron chi connectivity index (χ4n) is 3.47. The van der Waals surface area contributed by atoms with Gasteiger partial charge in [0.1, 0.15) is 5.76 Å².